The van der Waals surface area contributed by atoms with Crippen molar-refractivity contribution in [3.05, 3.63) is 82.1 Å². The lowest BCUT2D eigenvalue weighted by Crippen LogP contribution is -2.13. The molecule has 0 saturated heterocycles. The van der Waals surface area contributed by atoms with Gasteiger partial charge in [-0.3, -0.25) is 14.4 Å². The molecule has 6 heteroatoms. The number of nitrogens with one attached hydrogen (secondary N) is 2. The number of carbonyl (C=O) groups excluding carboxylic acids is 2. The predicted octanol–water partition coefficient (Wildman–Crippen LogP) is 3.35. The third-order valence-electron chi connectivity index (χ3n) is 4.07. The van der Waals surface area contributed by atoms with Crippen LogP contribution in [-0.2, 0) is 4.79 Å². The summed E-state index contributed by atoms with van der Waals surface area (Å²) in [4.78, 5) is 35.4. The van der Waals surface area contributed by atoms with Gasteiger partial charge in [-0.05, 0) is 25.1 Å². The number of rotatable bonds is 6. The number of H-pyrrole nitrogens is 1. The Kier molecular flexibility index (Phi) is 5.56. The molecule has 0 bridgehead atoms. The predicted molar refractivity (Wildman–Crippen MR) is 104 cm³/mol. The molecule has 1 heterocycles. The first kappa shape index (κ1) is 18.3. The number of carbonyl (C=O) groups is 2. The van der Waals surface area contributed by atoms with Crippen LogP contribution in [0.5, 0.6) is 0 Å². The molecule has 136 valence electrons. The summed E-state index contributed by atoms with van der Waals surface area (Å²) in [6.07, 6.45) is 0.254. The maximum Gasteiger partial charge on any atom is 0.264 e. The van der Waals surface area contributed by atoms with E-state index >= 15 is 0 Å². The largest absolute Gasteiger partial charge is 0.326 e. The lowest BCUT2D eigenvalue weighted by Gasteiger charge is -2.07. The Labute approximate surface area is 156 Å². The lowest BCUT2D eigenvalue weighted by atomic mass is 10.0. The number of Topliss-reactive ketones (excluding diaryl/α,β-unsaturated/α-hetero) is 1. The third-order valence-corrected chi connectivity index (χ3v) is 4.07. The molecule has 0 radical (unpaired) electrons. The Morgan fingerprint density at radius 2 is 1.78 bits per heavy atom. The van der Waals surface area contributed by atoms with Crippen LogP contribution in [0.15, 0.2) is 65.5 Å². The molecular weight excluding hydrogens is 342 g/mol. The average Bonchev–Trinajstić information content (AvgIpc) is 2.67. The van der Waals surface area contributed by atoms with E-state index in [-0.39, 0.29) is 30.1 Å². The highest BCUT2D eigenvalue weighted by molar-refractivity contribution is 6.00. The minimum atomic E-state index is -0.276. The molecule has 0 fully saturated rings. The van der Waals surface area contributed by atoms with E-state index < -0.39 is 0 Å². The van der Waals surface area contributed by atoms with Gasteiger partial charge in [0.05, 0.1) is 5.69 Å². The van der Waals surface area contributed by atoms with Crippen molar-refractivity contribution in [1.29, 1.82) is 0 Å². The van der Waals surface area contributed by atoms with E-state index in [2.05, 4.69) is 15.5 Å². The molecule has 1 amide bonds. The van der Waals surface area contributed by atoms with Crippen LogP contribution in [0.2, 0.25) is 0 Å². The molecule has 1 aromatic heterocycles. The van der Waals surface area contributed by atoms with E-state index in [1.54, 1.807) is 36.4 Å². The quantitative estimate of drug-likeness (QED) is 0.659. The molecule has 0 saturated carbocycles. The number of benzene rings is 2. The van der Waals surface area contributed by atoms with E-state index in [1.807, 2.05) is 25.1 Å². The van der Waals surface area contributed by atoms with Crippen molar-refractivity contribution in [3.8, 4) is 11.3 Å². The average molecular weight is 361 g/mol. The second-order valence-corrected chi connectivity index (χ2v) is 6.22. The Bertz CT molecular complexity index is 1000. The van der Waals surface area contributed by atoms with Crippen LogP contribution in [-0.4, -0.2) is 21.9 Å². The molecule has 2 aromatic carbocycles. The van der Waals surface area contributed by atoms with Crippen LogP contribution >= 0.6 is 0 Å². The number of hydrogen-bond donors (Lipinski definition) is 2. The van der Waals surface area contributed by atoms with E-state index in [9.17, 15) is 14.4 Å². The van der Waals surface area contributed by atoms with Gasteiger partial charge < -0.3 is 5.32 Å². The van der Waals surface area contributed by atoms with Crippen molar-refractivity contribution in [2.75, 3.05) is 5.32 Å². The Morgan fingerprint density at radius 1 is 1.00 bits per heavy atom. The number of amides is 1. The van der Waals surface area contributed by atoms with Gasteiger partial charge in [0.2, 0.25) is 5.91 Å². The van der Waals surface area contributed by atoms with Crippen LogP contribution < -0.4 is 10.9 Å². The maximum absolute atomic E-state index is 12.2. The molecule has 0 atom stereocenters. The molecule has 6 nitrogen and oxygen atoms in total. The topological polar surface area (TPSA) is 91.9 Å². The molecule has 2 N–H and O–H groups in total. The summed E-state index contributed by atoms with van der Waals surface area (Å²) in [5, 5.41) is 9.14. The van der Waals surface area contributed by atoms with Gasteiger partial charge in [0, 0.05) is 35.7 Å². The Hall–Kier alpha value is -3.54. The first-order valence-corrected chi connectivity index (χ1v) is 8.57. The van der Waals surface area contributed by atoms with Gasteiger partial charge in [0.15, 0.2) is 5.78 Å². The second-order valence-electron chi connectivity index (χ2n) is 6.22. The fourth-order valence-electron chi connectivity index (χ4n) is 2.60. The molecule has 0 unspecified atom stereocenters. The lowest BCUT2D eigenvalue weighted by molar-refractivity contribution is -0.116. The first-order chi connectivity index (χ1) is 13.0. The van der Waals surface area contributed by atoms with Gasteiger partial charge in [0.1, 0.15) is 0 Å². The van der Waals surface area contributed by atoms with Gasteiger partial charge >= 0.3 is 0 Å². The van der Waals surface area contributed by atoms with Crippen molar-refractivity contribution >= 4 is 17.4 Å². The summed E-state index contributed by atoms with van der Waals surface area (Å²) < 4.78 is 0. The molecular formula is C21H19N3O3. The number of aromatic amines is 1. The molecule has 0 aliphatic rings. The monoisotopic (exact) mass is 361 g/mol. The molecule has 0 aliphatic heterocycles. The third kappa shape index (κ3) is 4.98. The van der Waals surface area contributed by atoms with Crippen molar-refractivity contribution in [2.24, 2.45) is 0 Å². The summed E-state index contributed by atoms with van der Waals surface area (Å²) >= 11 is 0. The molecule has 0 aliphatic carbocycles. The SMILES string of the molecule is Cc1ccc(C(=O)CCC(=O)Nc2cccc(-c3ccc(=O)[nH]n3)c2)cc1. The highest BCUT2D eigenvalue weighted by atomic mass is 16.2. The summed E-state index contributed by atoms with van der Waals surface area (Å²) in [5.74, 6) is -0.293. The summed E-state index contributed by atoms with van der Waals surface area (Å²) in [6, 6.07) is 17.5. The molecule has 27 heavy (non-hydrogen) atoms. The Morgan fingerprint density at radius 3 is 2.48 bits per heavy atom. The molecule has 3 aromatic rings. The van der Waals surface area contributed by atoms with Crippen LogP contribution in [0, 0.1) is 6.92 Å². The second kappa shape index (κ2) is 8.23. The van der Waals surface area contributed by atoms with Crippen LogP contribution in [0.25, 0.3) is 11.3 Å². The Balaban J connectivity index is 1.60. The zero-order valence-corrected chi connectivity index (χ0v) is 14.9. The molecule has 0 spiro atoms. The minimum Gasteiger partial charge on any atom is -0.326 e. The summed E-state index contributed by atoms with van der Waals surface area (Å²) in [7, 11) is 0. The van der Waals surface area contributed by atoms with E-state index in [0.717, 1.165) is 11.1 Å². The van der Waals surface area contributed by atoms with Crippen molar-refractivity contribution in [2.45, 2.75) is 19.8 Å². The zero-order valence-electron chi connectivity index (χ0n) is 14.9. The smallest absolute Gasteiger partial charge is 0.264 e. The summed E-state index contributed by atoms with van der Waals surface area (Å²) in [6.45, 7) is 1.96. The van der Waals surface area contributed by atoms with E-state index in [0.29, 0.717) is 16.9 Å². The number of ketones is 1. The highest BCUT2D eigenvalue weighted by Crippen LogP contribution is 2.20. The van der Waals surface area contributed by atoms with Crippen molar-refractivity contribution in [1.82, 2.24) is 10.2 Å². The minimum absolute atomic E-state index is 0.0589. The van der Waals surface area contributed by atoms with Gasteiger partial charge in [-0.1, -0.05) is 42.0 Å². The number of aryl methyl sites for hydroxylation is 1. The summed E-state index contributed by atoms with van der Waals surface area (Å²) in [5.41, 5.74) is 3.38. The standard InChI is InChI=1S/C21H19N3O3/c1-14-5-7-15(8-6-14)19(25)10-12-20(26)22-17-4-2-3-16(13-17)18-9-11-21(27)24-23-18/h2-9,11,13H,10,12H2,1H3,(H,22,26)(H,24,27). The van der Waals surface area contributed by atoms with Gasteiger partial charge in [0.25, 0.3) is 5.56 Å². The first-order valence-electron chi connectivity index (χ1n) is 8.57. The van der Waals surface area contributed by atoms with E-state index in [4.69, 9.17) is 0 Å². The number of nitrogens with zero attached hydrogens (tertiary/aromatic N) is 1. The van der Waals surface area contributed by atoms with Crippen molar-refractivity contribution in [3.63, 3.8) is 0 Å². The van der Waals surface area contributed by atoms with Crippen LogP contribution in [0.4, 0.5) is 5.69 Å². The number of aromatic nitrogens is 2. The van der Waals surface area contributed by atoms with Gasteiger partial charge in [-0.2, -0.15) is 5.10 Å². The van der Waals surface area contributed by atoms with Crippen LogP contribution in [0.1, 0.15) is 28.8 Å². The van der Waals surface area contributed by atoms with Crippen molar-refractivity contribution < 1.29 is 9.59 Å². The number of anilines is 1. The van der Waals surface area contributed by atoms with Gasteiger partial charge in [-0.15, -0.1) is 0 Å². The maximum atomic E-state index is 12.2. The fraction of sp³-hybridized carbons (Fsp3) is 0.143. The highest BCUT2D eigenvalue weighted by Gasteiger charge is 2.10. The molecule has 3 rings (SSSR count). The fourth-order valence-corrected chi connectivity index (χ4v) is 2.60. The van der Waals surface area contributed by atoms with Crippen LogP contribution in [0.3, 0.4) is 0 Å². The number of hydrogen-bond acceptors (Lipinski definition) is 4. The normalized spacial score (nSPS) is 10.4. The van der Waals surface area contributed by atoms with E-state index in [1.165, 1.54) is 6.07 Å². The van der Waals surface area contributed by atoms with Gasteiger partial charge in [-0.25, -0.2) is 5.10 Å². The zero-order chi connectivity index (χ0) is 19.2.